The number of carbonyl (C=O) groups is 2. The molecular weight excluding hydrogens is 836 g/mol. The van der Waals surface area contributed by atoms with E-state index in [0.29, 0.717) is 0 Å². The van der Waals surface area contributed by atoms with Crippen molar-refractivity contribution < 1.29 is 124 Å². The normalized spacial score (nSPS) is 49.6. The Balaban J connectivity index is 1.42. The lowest BCUT2D eigenvalue weighted by atomic mass is 9.93. The van der Waals surface area contributed by atoms with Crippen LogP contribution in [0.4, 0.5) is 0 Å². The first-order chi connectivity index (χ1) is 28.7. The number of carbonyl (C=O) groups excluding carboxylic acids is 2. The van der Waals surface area contributed by atoms with Crippen molar-refractivity contribution >= 4 is 11.8 Å². The molecule has 2 amide bonds. The monoisotopic (exact) mass is 894 g/mol. The molecule has 5 aliphatic heterocycles. The van der Waals surface area contributed by atoms with Gasteiger partial charge >= 0.3 is 0 Å². The van der Waals surface area contributed by atoms with Crippen LogP contribution in [0, 0.1) is 0 Å². The van der Waals surface area contributed by atoms with Crippen molar-refractivity contribution in [1.29, 1.82) is 0 Å². The number of hydrogen-bond acceptors (Lipinski definition) is 25. The number of aliphatic hydroxyl groups excluding tert-OH is 14. The first-order valence-electron chi connectivity index (χ1n) is 19.4. The lowest BCUT2D eigenvalue weighted by Crippen LogP contribution is -2.71. The van der Waals surface area contributed by atoms with Gasteiger partial charge in [-0.25, -0.2) is 0 Å². The van der Waals surface area contributed by atoms with Crippen LogP contribution in [0.1, 0.15) is 20.8 Å². The van der Waals surface area contributed by atoms with Gasteiger partial charge in [-0.3, -0.25) is 9.59 Å². The van der Waals surface area contributed by atoms with Crippen LogP contribution in [0.25, 0.3) is 0 Å². The van der Waals surface area contributed by atoms with Gasteiger partial charge in [0.15, 0.2) is 31.5 Å². The van der Waals surface area contributed by atoms with Crippen LogP contribution in [0.2, 0.25) is 0 Å². The molecular formula is C34H58N2O25. The van der Waals surface area contributed by atoms with E-state index in [1.165, 1.54) is 6.92 Å². The van der Waals surface area contributed by atoms with E-state index in [9.17, 15) is 81.1 Å². The first-order valence-corrected chi connectivity index (χ1v) is 19.4. The van der Waals surface area contributed by atoms with E-state index in [4.69, 9.17) is 42.6 Å². The third-order valence-corrected chi connectivity index (χ3v) is 11.1. The Kier molecular flexibility index (Phi) is 17.5. The highest BCUT2D eigenvalue weighted by atomic mass is 16.8. The summed E-state index contributed by atoms with van der Waals surface area (Å²) in [5.41, 5.74) is 0. The summed E-state index contributed by atoms with van der Waals surface area (Å²) < 4.78 is 51.2. The molecule has 61 heavy (non-hydrogen) atoms. The fraction of sp³-hybridized carbons (Fsp3) is 0.941. The van der Waals surface area contributed by atoms with Gasteiger partial charge in [-0.05, 0) is 6.92 Å². The van der Waals surface area contributed by atoms with E-state index < -0.39 is 192 Å². The molecule has 5 aliphatic rings. The molecule has 0 aromatic heterocycles. The van der Waals surface area contributed by atoms with Crippen molar-refractivity contribution in [2.45, 2.75) is 174 Å². The van der Waals surface area contributed by atoms with Gasteiger partial charge in [0.05, 0.1) is 32.5 Å². The Hall–Kier alpha value is -1.98. The van der Waals surface area contributed by atoms with Gasteiger partial charge in [0.25, 0.3) is 0 Å². The number of aliphatic hydroxyl groups is 14. The molecule has 25 atom stereocenters. The van der Waals surface area contributed by atoms with Crippen molar-refractivity contribution in [3.05, 3.63) is 0 Å². The van der Waals surface area contributed by atoms with Crippen molar-refractivity contribution in [2.75, 3.05) is 26.4 Å². The van der Waals surface area contributed by atoms with Gasteiger partial charge < -0.3 is 125 Å². The summed E-state index contributed by atoms with van der Waals surface area (Å²) in [7, 11) is 0. The van der Waals surface area contributed by atoms with Crippen molar-refractivity contribution in [3.8, 4) is 0 Å². The van der Waals surface area contributed by atoms with Crippen LogP contribution in [0.5, 0.6) is 0 Å². The number of hydrogen-bond donors (Lipinski definition) is 16. The lowest BCUT2D eigenvalue weighted by molar-refractivity contribution is -0.379. The van der Waals surface area contributed by atoms with E-state index in [-0.39, 0.29) is 0 Å². The van der Waals surface area contributed by atoms with E-state index in [2.05, 4.69) is 10.6 Å². The minimum atomic E-state index is -2.13. The van der Waals surface area contributed by atoms with Gasteiger partial charge in [0.1, 0.15) is 116 Å². The second kappa shape index (κ2) is 21.3. The maximum Gasteiger partial charge on any atom is 0.217 e. The van der Waals surface area contributed by atoms with E-state index in [1.54, 1.807) is 0 Å². The standard InChI is InChI=1S/C34H58N2O25/c1-8-17(42)22(47)24(49)32(54-8)53-7-14-27(21(46)15(30(52)55-14)35-9(2)40)59-31-16(36-10(3)41)28(19(44)12(5-38)56-31)60-34-26(51)29(20(45)13(6-39)58-34)61-33-25(50)23(48)18(43)11(4-37)57-33/h8,11-34,37-39,42-52H,4-7H2,1-3H3,(H,35,40)(H,36,41)/t8-,11+,12+,13+,14+,15+,16+,17+,18+,19+,20+,21+,22+,23-,24-,25-,26-,27+,28+,29-,30+,31-,32+,33+,34-/m0/s1. The zero-order chi connectivity index (χ0) is 45.2. The molecule has 27 nitrogen and oxygen atoms in total. The van der Waals surface area contributed by atoms with Gasteiger partial charge in [-0.15, -0.1) is 0 Å². The predicted molar refractivity (Wildman–Crippen MR) is 188 cm³/mol. The summed E-state index contributed by atoms with van der Waals surface area (Å²) in [6.07, 6.45) is -40.7. The van der Waals surface area contributed by atoms with Gasteiger partial charge in [0.2, 0.25) is 11.8 Å². The quantitative estimate of drug-likeness (QED) is 0.0770. The topological polar surface area (TPSA) is 424 Å². The molecule has 0 aliphatic carbocycles. The Morgan fingerprint density at radius 2 is 0.918 bits per heavy atom. The van der Waals surface area contributed by atoms with Crippen LogP contribution in [0.15, 0.2) is 0 Å². The molecule has 27 heteroatoms. The van der Waals surface area contributed by atoms with E-state index >= 15 is 0 Å². The summed E-state index contributed by atoms with van der Waals surface area (Å²) in [5, 5.41) is 153. The van der Waals surface area contributed by atoms with Crippen LogP contribution < -0.4 is 10.6 Å². The molecule has 0 aromatic carbocycles. The SMILES string of the molecule is CC(=O)N[C@@H]1[C@@H](O)[C@H](O[C@@H]2O[C@H](CO)[C@@H](O)[C@H](O[C@@H]3O[C@H](CO)[C@@H](O)[C@H](O[C@H]4O[C@H](CO)[C@@H](O)[C@H](O)[C@@H]4O)[C@@H]3O)[C@H]2NC(C)=O)[C@@H](CO[C@@H]2O[C@@H](C)[C@@H](O)[C@@H](O)[C@@H]2O)O[C@H]1O. The van der Waals surface area contributed by atoms with Gasteiger partial charge in [-0.2, -0.15) is 0 Å². The third-order valence-electron chi connectivity index (χ3n) is 11.1. The first kappa shape index (κ1) is 50.0. The molecule has 0 saturated carbocycles. The predicted octanol–water partition coefficient (Wildman–Crippen LogP) is -10.6. The van der Waals surface area contributed by atoms with E-state index in [1.807, 2.05) is 0 Å². The van der Waals surface area contributed by atoms with Crippen LogP contribution in [-0.2, 0) is 52.2 Å². The summed E-state index contributed by atoms with van der Waals surface area (Å²) in [5.74, 6) is -1.54. The number of ether oxygens (including phenoxy) is 9. The van der Waals surface area contributed by atoms with E-state index in [0.717, 1.165) is 13.8 Å². The molecule has 0 aromatic rings. The summed E-state index contributed by atoms with van der Waals surface area (Å²) in [6.45, 7) is 0.0205. The van der Waals surface area contributed by atoms with Crippen molar-refractivity contribution in [3.63, 3.8) is 0 Å². The fourth-order valence-electron chi connectivity index (χ4n) is 7.67. The molecule has 0 unspecified atom stereocenters. The minimum Gasteiger partial charge on any atom is -0.394 e. The molecule has 5 saturated heterocycles. The summed E-state index contributed by atoms with van der Waals surface area (Å²) in [6, 6.07) is -3.29. The maximum absolute atomic E-state index is 12.7. The zero-order valence-corrected chi connectivity index (χ0v) is 33.0. The van der Waals surface area contributed by atoms with Crippen LogP contribution in [0.3, 0.4) is 0 Å². The third kappa shape index (κ3) is 10.9. The molecule has 5 rings (SSSR count). The fourth-order valence-corrected chi connectivity index (χ4v) is 7.67. The second-order valence-corrected chi connectivity index (χ2v) is 15.4. The molecule has 354 valence electrons. The minimum absolute atomic E-state index is 0.699. The largest absolute Gasteiger partial charge is 0.394 e. The highest BCUT2D eigenvalue weighted by molar-refractivity contribution is 5.73. The Morgan fingerprint density at radius 3 is 1.49 bits per heavy atom. The number of nitrogens with one attached hydrogen (secondary N) is 2. The van der Waals surface area contributed by atoms with Crippen LogP contribution in [-0.4, -0.2) is 263 Å². The molecule has 5 fully saturated rings. The average Bonchev–Trinajstić information content (AvgIpc) is 3.21. The summed E-state index contributed by atoms with van der Waals surface area (Å²) in [4.78, 5) is 24.7. The molecule has 0 bridgehead atoms. The van der Waals surface area contributed by atoms with Gasteiger partial charge in [-0.1, -0.05) is 0 Å². The molecule has 0 radical (unpaired) electrons. The highest BCUT2D eigenvalue weighted by Gasteiger charge is 2.56. The zero-order valence-electron chi connectivity index (χ0n) is 33.0. The highest BCUT2D eigenvalue weighted by Crippen LogP contribution is 2.35. The van der Waals surface area contributed by atoms with Crippen LogP contribution >= 0.6 is 0 Å². The maximum atomic E-state index is 12.7. The van der Waals surface area contributed by atoms with Crippen molar-refractivity contribution in [2.24, 2.45) is 0 Å². The number of rotatable bonds is 14. The second-order valence-electron chi connectivity index (χ2n) is 15.4. The molecule has 16 N–H and O–H groups in total. The summed E-state index contributed by atoms with van der Waals surface area (Å²) >= 11 is 0. The Labute approximate surface area is 346 Å². The Bertz CT molecular complexity index is 1420. The van der Waals surface area contributed by atoms with Gasteiger partial charge in [0, 0.05) is 13.8 Å². The molecule has 5 heterocycles. The Morgan fingerprint density at radius 1 is 0.459 bits per heavy atom. The smallest absolute Gasteiger partial charge is 0.217 e. The average molecular weight is 895 g/mol. The van der Waals surface area contributed by atoms with Crippen molar-refractivity contribution in [1.82, 2.24) is 10.6 Å². The molecule has 0 spiro atoms. The number of amides is 2. The lowest BCUT2D eigenvalue weighted by Gasteiger charge is -2.50.